The van der Waals surface area contributed by atoms with Gasteiger partial charge in [0.1, 0.15) is 6.54 Å². The SMILES string of the molecule is C[NH+](CC(=O)Nc1ccc(SC(F)F)cc1)Cc1ccccc1Cl. The van der Waals surface area contributed by atoms with Crippen LogP contribution in [0, 0.1) is 0 Å². The van der Waals surface area contributed by atoms with Gasteiger partial charge < -0.3 is 10.2 Å². The maximum Gasteiger partial charge on any atom is 0.288 e. The minimum atomic E-state index is -2.45. The van der Waals surface area contributed by atoms with Crippen LogP contribution in [0.2, 0.25) is 5.02 Å². The number of benzene rings is 2. The number of hydrogen-bond acceptors (Lipinski definition) is 2. The average molecular weight is 372 g/mol. The summed E-state index contributed by atoms with van der Waals surface area (Å²) in [5.41, 5.74) is 1.57. The lowest BCUT2D eigenvalue weighted by atomic mass is 10.2. The van der Waals surface area contributed by atoms with E-state index < -0.39 is 5.76 Å². The van der Waals surface area contributed by atoms with Gasteiger partial charge in [-0.25, -0.2) is 0 Å². The molecule has 0 aliphatic carbocycles. The van der Waals surface area contributed by atoms with Crippen LogP contribution >= 0.6 is 23.4 Å². The van der Waals surface area contributed by atoms with E-state index in [1.165, 1.54) is 0 Å². The fourth-order valence-electron chi connectivity index (χ4n) is 2.23. The number of carbonyl (C=O) groups excluding carboxylic acids is 1. The molecule has 3 nitrogen and oxygen atoms in total. The summed E-state index contributed by atoms with van der Waals surface area (Å²) in [4.78, 5) is 13.5. The third-order valence-corrected chi connectivity index (χ3v) is 4.37. The van der Waals surface area contributed by atoms with Gasteiger partial charge in [0, 0.05) is 21.2 Å². The number of hydrogen-bond donors (Lipinski definition) is 2. The molecule has 0 fully saturated rings. The number of halogens is 3. The molecule has 0 aliphatic heterocycles. The van der Waals surface area contributed by atoms with E-state index in [0.29, 0.717) is 33.9 Å². The van der Waals surface area contributed by atoms with Crippen LogP contribution in [-0.4, -0.2) is 25.3 Å². The molecule has 2 aromatic carbocycles. The van der Waals surface area contributed by atoms with Crippen molar-refractivity contribution in [3.05, 3.63) is 59.1 Å². The second kappa shape index (κ2) is 9.01. The number of carbonyl (C=O) groups is 1. The molecule has 0 spiro atoms. The van der Waals surface area contributed by atoms with Crippen molar-refractivity contribution in [1.29, 1.82) is 0 Å². The number of rotatable bonds is 7. The summed E-state index contributed by atoms with van der Waals surface area (Å²) in [6.45, 7) is 0.913. The van der Waals surface area contributed by atoms with E-state index in [9.17, 15) is 13.6 Å². The van der Waals surface area contributed by atoms with Gasteiger partial charge in [-0.15, -0.1) is 0 Å². The number of alkyl halides is 2. The molecule has 2 rings (SSSR count). The molecule has 1 unspecified atom stereocenters. The number of likely N-dealkylation sites (N-methyl/N-ethyl adjacent to an activating group) is 1. The first-order chi connectivity index (χ1) is 11.4. The Morgan fingerprint density at radius 1 is 1.21 bits per heavy atom. The van der Waals surface area contributed by atoms with Crippen LogP contribution in [0.5, 0.6) is 0 Å². The van der Waals surface area contributed by atoms with Crippen LogP contribution in [-0.2, 0) is 11.3 Å². The summed E-state index contributed by atoms with van der Waals surface area (Å²) in [5.74, 6) is -2.60. The van der Waals surface area contributed by atoms with Crippen molar-refractivity contribution in [1.82, 2.24) is 0 Å². The molecule has 0 aromatic heterocycles. The van der Waals surface area contributed by atoms with Gasteiger partial charge in [0.2, 0.25) is 0 Å². The largest absolute Gasteiger partial charge is 0.326 e. The molecule has 0 bridgehead atoms. The molecule has 2 aromatic rings. The Bertz CT molecular complexity index is 683. The monoisotopic (exact) mass is 371 g/mol. The first-order valence-electron chi connectivity index (χ1n) is 7.33. The maximum absolute atomic E-state index is 12.3. The van der Waals surface area contributed by atoms with Crippen LogP contribution in [0.4, 0.5) is 14.5 Å². The fraction of sp³-hybridized carbons (Fsp3) is 0.235. The zero-order valence-electron chi connectivity index (χ0n) is 13.1. The predicted octanol–water partition coefficient (Wildman–Crippen LogP) is 3.31. The number of thioether (sulfide) groups is 1. The lowest BCUT2D eigenvalue weighted by molar-refractivity contribution is -0.885. The minimum Gasteiger partial charge on any atom is -0.326 e. The molecule has 2 N–H and O–H groups in total. The van der Waals surface area contributed by atoms with Crippen LogP contribution in [0.25, 0.3) is 0 Å². The van der Waals surface area contributed by atoms with Gasteiger partial charge in [0.15, 0.2) is 6.54 Å². The quantitative estimate of drug-likeness (QED) is 0.732. The van der Waals surface area contributed by atoms with Crippen molar-refractivity contribution >= 4 is 35.0 Å². The van der Waals surface area contributed by atoms with E-state index in [-0.39, 0.29) is 12.5 Å². The van der Waals surface area contributed by atoms with E-state index >= 15 is 0 Å². The van der Waals surface area contributed by atoms with Gasteiger partial charge in [0.05, 0.1) is 7.05 Å². The van der Waals surface area contributed by atoms with Crippen molar-refractivity contribution in [3.63, 3.8) is 0 Å². The summed E-state index contributed by atoms with van der Waals surface area (Å²) in [5, 5.41) is 3.45. The van der Waals surface area contributed by atoms with Gasteiger partial charge in [-0.3, -0.25) is 4.79 Å². The van der Waals surface area contributed by atoms with Crippen LogP contribution in [0.3, 0.4) is 0 Å². The van der Waals surface area contributed by atoms with Crippen LogP contribution in [0.1, 0.15) is 5.56 Å². The number of nitrogens with one attached hydrogen (secondary N) is 2. The minimum absolute atomic E-state index is 0.145. The Hall–Kier alpha value is -1.63. The van der Waals surface area contributed by atoms with Gasteiger partial charge >= 0.3 is 0 Å². The normalized spacial score (nSPS) is 12.2. The first kappa shape index (κ1) is 18.7. The van der Waals surface area contributed by atoms with E-state index in [1.807, 2.05) is 31.3 Å². The Balaban J connectivity index is 1.85. The molecular weight excluding hydrogens is 354 g/mol. The van der Waals surface area contributed by atoms with E-state index in [2.05, 4.69) is 5.32 Å². The van der Waals surface area contributed by atoms with Crippen molar-refractivity contribution in [3.8, 4) is 0 Å². The Labute approximate surface area is 149 Å². The van der Waals surface area contributed by atoms with Crippen molar-refractivity contribution in [2.75, 3.05) is 18.9 Å². The highest BCUT2D eigenvalue weighted by Crippen LogP contribution is 2.26. The van der Waals surface area contributed by atoms with Crippen LogP contribution in [0.15, 0.2) is 53.4 Å². The van der Waals surface area contributed by atoms with Gasteiger partial charge in [-0.05, 0) is 30.3 Å². The molecule has 0 saturated heterocycles. The smallest absolute Gasteiger partial charge is 0.288 e. The van der Waals surface area contributed by atoms with Crippen molar-refractivity contribution < 1.29 is 18.5 Å². The summed E-state index contributed by atoms with van der Waals surface area (Å²) < 4.78 is 24.5. The van der Waals surface area contributed by atoms with Crippen molar-refractivity contribution in [2.45, 2.75) is 17.2 Å². The van der Waals surface area contributed by atoms with E-state index in [1.54, 1.807) is 24.3 Å². The van der Waals surface area contributed by atoms with E-state index in [0.717, 1.165) is 10.5 Å². The second-order valence-electron chi connectivity index (χ2n) is 5.35. The highest BCUT2D eigenvalue weighted by molar-refractivity contribution is 7.99. The highest BCUT2D eigenvalue weighted by atomic mass is 35.5. The Kier molecular flexibility index (Phi) is 7.02. The fourth-order valence-corrected chi connectivity index (χ4v) is 2.93. The lowest BCUT2D eigenvalue weighted by Gasteiger charge is -2.14. The molecule has 1 amide bonds. The third-order valence-electron chi connectivity index (χ3n) is 3.28. The highest BCUT2D eigenvalue weighted by Gasteiger charge is 2.12. The standard InChI is InChI=1S/C17H17ClF2N2OS/c1-22(10-12-4-2-3-5-15(12)18)11-16(23)21-13-6-8-14(9-7-13)24-17(19)20/h2-9,17H,10-11H2,1H3,(H,21,23)/p+1. The molecular formula is C17H18ClF2N2OS+. The summed E-state index contributed by atoms with van der Waals surface area (Å²) >= 11 is 6.59. The molecule has 0 saturated carbocycles. The lowest BCUT2D eigenvalue weighted by Crippen LogP contribution is -3.08. The number of quaternary nitrogens is 1. The number of anilines is 1. The molecule has 1 atom stereocenters. The first-order valence-corrected chi connectivity index (χ1v) is 8.59. The predicted molar refractivity (Wildman–Crippen MR) is 93.8 cm³/mol. The number of amides is 1. The Morgan fingerprint density at radius 2 is 1.88 bits per heavy atom. The van der Waals surface area contributed by atoms with Gasteiger partial charge in [-0.2, -0.15) is 8.78 Å². The van der Waals surface area contributed by atoms with Crippen LogP contribution < -0.4 is 10.2 Å². The van der Waals surface area contributed by atoms with Gasteiger partial charge in [0.25, 0.3) is 11.7 Å². The molecule has 0 heterocycles. The molecule has 0 radical (unpaired) electrons. The zero-order chi connectivity index (χ0) is 17.5. The Morgan fingerprint density at radius 3 is 2.50 bits per heavy atom. The zero-order valence-corrected chi connectivity index (χ0v) is 14.6. The molecule has 128 valence electrons. The summed E-state index contributed by atoms with van der Waals surface area (Å²) in [6.07, 6.45) is 0. The third kappa shape index (κ3) is 6.11. The molecule has 0 aliphatic rings. The molecule has 7 heteroatoms. The average Bonchev–Trinajstić information content (AvgIpc) is 2.51. The summed E-state index contributed by atoms with van der Waals surface area (Å²) in [6, 6.07) is 13.9. The maximum atomic E-state index is 12.3. The second-order valence-corrected chi connectivity index (χ2v) is 6.82. The van der Waals surface area contributed by atoms with Crippen molar-refractivity contribution in [2.24, 2.45) is 0 Å². The molecule has 24 heavy (non-hydrogen) atoms. The topological polar surface area (TPSA) is 33.5 Å². The summed E-state index contributed by atoms with van der Waals surface area (Å²) in [7, 11) is 1.91. The van der Waals surface area contributed by atoms with E-state index in [4.69, 9.17) is 11.6 Å². The van der Waals surface area contributed by atoms with Gasteiger partial charge in [-0.1, -0.05) is 41.6 Å².